The first-order valence-corrected chi connectivity index (χ1v) is 9.11. The molecule has 0 unspecified atom stereocenters. The van der Waals surface area contributed by atoms with Gasteiger partial charge in [-0.05, 0) is 0 Å². The van der Waals surface area contributed by atoms with Crippen LogP contribution < -0.4 is 0 Å². The van der Waals surface area contributed by atoms with Crippen molar-refractivity contribution < 1.29 is 14.7 Å². The van der Waals surface area contributed by atoms with Crippen LogP contribution in [0.2, 0.25) is 0 Å². The Morgan fingerprint density at radius 2 is 1.12 bits per heavy atom. The van der Waals surface area contributed by atoms with Crippen molar-refractivity contribution in [1.82, 2.24) is 0 Å². The van der Waals surface area contributed by atoms with Crippen LogP contribution >= 0.6 is 7.28 Å². The van der Waals surface area contributed by atoms with E-state index >= 15 is 0 Å². The van der Waals surface area contributed by atoms with Crippen molar-refractivity contribution in [2.24, 2.45) is 0 Å². The Kier molecular flexibility index (Phi) is 7.75. The fourth-order valence-corrected chi connectivity index (χ4v) is 2.92. The minimum atomic E-state index is -4.22. The molecule has 0 aliphatic rings. The second-order valence-electron chi connectivity index (χ2n) is 4.86. The van der Waals surface area contributed by atoms with E-state index in [1.165, 1.54) is 32.1 Å². The van der Waals surface area contributed by atoms with Gasteiger partial charge in [-0.1, -0.05) is 0 Å². The molecule has 0 aromatic rings. The monoisotopic (exact) mass is 252 g/mol. The molecule has 0 aromatic carbocycles. The van der Waals surface area contributed by atoms with Gasteiger partial charge in [-0.2, -0.15) is 0 Å². The summed E-state index contributed by atoms with van der Waals surface area (Å²) in [5.41, 5.74) is 0. The summed E-state index contributed by atoms with van der Waals surface area (Å²) in [4.78, 5) is 28.5. The first kappa shape index (κ1) is 16.3. The molecule has 0 amide bonds. The summed E-state index contributed by atoms with van der Waals surface area (Å²) in [6.45, 7) is 3.83. The molecule has 4 heteroatoms. The van der Waals surface area contributed by atoms with Crippen molar-refractivity contribution >= 4 is 7.28 Å². The van der Waals surface area contributed by atoms with Gasteiger partial charge in [0.1, 0.15) is 0 Å². The molecule has 0 aliphatic heterocycles. The predicted octanol–water partition coefficient (Wildman–Crippen LogP) is 3.42. The van der Waals surface area contributed by atoms with Gasteiger partial charge in [-0.15, -0.1) is 0 Å². The van der Waals surface area contributed by atoms with Gasteiger partial charge < -0.3 is 0 Å². The zero-order valence-electron chi connectivity index (χ0n) is 10.9. The van der Waals surface area contributed by atoms with Gasteiger partial charge in [-0.3, -0.25) is 0 Å². The third-order valence-electron chi connectivity index (χ3n) is 3.12. The van der Waals surface area contributed by atoms with E-state index in [-0.39, 0.29) is 12.3 Å². The molecule has 3 nitrogen and oxygen atoms in total. The number of unbranched alkanes of at least 4 members (excludes halogenated alkanes) is 7. The van der Waals surface area contributed by atoms with Crippen molar-refractivity contribution in [3.05, 3.63) is 0 Å². The Bertz CT molecular complexity index is 175. The van der Waals surface area contributed by atoms with Gasteiger partial charge in [0.2, 0.25) is 0 Å². The zero-order valence-corrected chi connectivity index (χ0v) is 11.8. The Morgan fingerprint density at radius 1 is 0.688 bits per heavy atom. The van der Waals surface area contributed by atoms with Crippen molar-refractivity contribution in [2.45, 2.75) is 65.2 Å². The van der Waals surface area contributed by atoms with Crippen LogP contribution in [0.1, 0.15) is 65.2 Å². The SMILES string of the molecule is CCCCCCCCCCP(O)(O)(O)CC. The molecular weight excluding hydrogens is 223 g/mol. The van der Waals surface area contributed by atoms with Crippen LogP contribution in [0.5, 0.6) is 0 Å². The van der Waals surface area contributed by atoms with E-state index < -0.39 is 7.28 Å². The van der Waals surface area contributed by atoms with Gasteiger partial charge in [0, 0.05) is 0 Å². The molecule has 100 valence electrons. The predicted molar refractivity (Wildman–Crippen MR) is 71.6 cm³/mol. The Labute approximate surface area is 100 Å². The third kappa shape index (κ3) is 9.53. The normalized spacial score (nSPS) is 14.7. The molecule has 0 rings (SSSR count). The molecule has 3 N–H and O–H groups in total. The summed E-state index contributed by atoms with van der Waals surface area (Å²) in [7, 11) is -4.22. The third-order valence-corrected chi connectivity index (χ3v) is 5.65. The van der Waals surface area contributed by atoms with Crippen molar-refractivity contribution in [3.63, 3.8) is 0 Å². The zero-order chi connectivity index (χ0) is 12.5. The number of hydrogen-bond acceptors (Lipinski definition) is 3. The first-order valence-electron chi connectivity index (χ1n) is 6.65. The van der Waals surface area contributed by atoms with E-state index in [1.54, 1.807) is 6.92 Å². The molecule has 0 heterocycles. The summed E-state index contributed by atoms with van der Waals surface area (Å²) in [5.74, 6) is 0. The van der Waals surface area contributed by atoms with Crippen LogP contribution in [0, 0.1) is 0 Å². The Hall–Kier alpha value is 0.310. The summed E-state index contributed by atoms with van der Waals surface area (Å²) >= 11 is 0. The van der Waals surface area contributed by atoms with Gasteiger partial charge in [-0.25, -0.2) is 0 Å². The molecule has 0 atom stereocenters. The summed E-state index contributed by atoms with van der Waals surface area (Å²) in [6, 6.07) is 0. The molecular formula is C12H29O3P. The maximum absolute atomic E-state index is 9.50. The van der Waals surface area contributed by atoms with Crippen LogP contribution in [0.3, 0.4) is 0 Å². The van der Waals surface area contributed by atoms with Crippen LogP contribution in [-0.2, 0) is 0 Å². The number of rotatable bonds is 10. The van der Waals surface area contributed by atoms with E-state index in [2.05, 4.69) is 6.92 Å². The van der Waals surface area contributed by atoms with E-state index in [0.29, 0.717) is 0 Å². The second-order valence-corrected chi connectivity index (χ2v) is 8.62. The van der Waals surface area contributed by atoms with E-state index in [0.717, 1.165) is 19.3 Å². The average molecular weight is 252 g/mol. The first-order chi connectivity index (χ1) is 7.39. The summed E-state index contributed by atoms with van der Waals surface area (Å²) in [5, 5.41) is 0. The average Bonchev–Trinajstić information content (AvgIpc) is 2.22. The molecule has 0 radical (unpaired) electrons. The number of hydrogen-bond donors (Lipinski definition) is 3. The van der Waals surface area contributed by atoms with Crippen LogP contribution in [0.15, 0.2) is 0 Å². The van der Waals surface area contributed by atoms with Crippen molar-refractivity contribution in [2.75, 3.05) is 12.3 Å². The van der Waals surface area contributed by atoms with Gasteiger partial charge in [0.05, 0.1) is 0 Å². The van der Waals surface area contributed by atoms with E-state index in [9.17, 15) is 14.7 Å². The molecule has 0 aromatic heterocycles. The quantitative estimate of drug-likeness (QED) is 0.412. The maximum atomic E-state index is 9.50. The Morgan fingerprint density at radius 3 is 1.56 bits per heavy atom. The van der Waals surface area contributed by atoms with Crippen molar-refractivity contribution in [3.8, 4) is 0 Å². The second kappa shape index (κ2) is 7.60. The van der Waals surface area contributed by atoms with Crippen molar-refractivity contribution in [1.29, 1.82) is 0 Å². The molecule has 0 fully saturated rings. The van der Waals surface area contributed by atoms with Gasteiger partial charge in [0.15, 0.2) is 0 Å². The molecule has 0 bridgehead atoms. The van der Waals surface area contributed by atoms with Crippen LogP contribution in [0.4, 0.5) is 0 Å². The fraction of sp³-hybridized carbons (Fsp3) is 1.00. The molecule has 0 spiro atoms. The topological polar surface area (TPSA) is 60.7 Å². The van der Waals surface area contributed by atoms with E-state index in [4.69, 9.17) is 0 Å². The van der Waals surface area contributed by atoms with Gasteiger partial charge in [0.25, 0.3) is 0 Å². The van der Waals surface area contributed by atoms with Crippen LogP contribution in [-0.4, -0.2) is 27.0 Å². The molecule has 16 heavy (non-hydrogen) atoms. The van der Waals surface area contributed by atoms with Gasteiger partial charge >= 0.3 is 99.5 Å². The molecule has 0 aliphatic carbocycles. The van der Waals surface area contributed by atoms with E-state index in [1.807, 2.05) is 0 Å². The van der Waals surface area contributed by atoms with Crippen LogP contribution in [0.25, 0.3) is 0 Å². The summed E-state index contributed by atoms with van der Waals surface area (Å²) < 4.78 is 0. The molecule has 0 saturated carbocycles. The Balaban J connectivity index is 3.34. The summed E-state index contributed by atoms with van der Waals surface area (Å²) in [6.07, 6.45) is 9.52. The fourth-order valence-electron chi connectivity index (χ4n) is 1.73. The minimum absolute atomic E-state index is 0.0854. The molecule has 0 saturated heterocycles. The standard InChI is InChI=1S/C12H29O3P/c1-3-5-6-7-8-9-10-11-12-16(13,14,15)4-2/h13-15H,3-12H2,1-2H3.